The lowest BCUT2D eigenvalue weighted by Crippen LogP contribution is -2.45. The Labute approximate surface area is 115 Å². The molecule has 1 fully saturated rings. The van der Waals surface area contributed by atoms with Crippen LogP contribution >= 0.6 is 0 Å². The molecule has 106 valence electrons. The summed E-state index contributed by atoms with van der Waals surface area (Å²) in [6.07, 6.45) is 7.33. The highest BCUT2D eigenvalue weighted by Gasteiger charge is 2.38. The van der Waals surface area contributed by atoms with Crippen LogP contribution in [0.4, 0.5) is 0 Å². The molecule has 0 aliphatic carbocycles. The van der Waals surface area contributed by atoms with Crippen molar-refractivity contribution in [3.8, 4) is 0 Å². The number of carbonyl (C=O) groups excluding carboxylic acids is 1. The van der Waals surface area contributed by atoms with Gasteiger partial charge in [0.05, 0.1) is 6.33 Å². The van der Waals surface area contributed by atoms with Gasteiger partial charge >= 0.3 is 0 Å². The van der Waals surface area contributed by atoms with E-state index in [-0.39, 0.29) is 11.4 Å². The lowest BCUT2D eigenvalue weighted by atomic mass is 9.83. The van der Waals surface area contributed by atoms with E-state index in [4.69, 9.17) is 0 Å². The smallest absolute Gasteiger partial charge is 0.220 e. The number of rotatable bonds is 5. The Balaban J connectivity index is 2.21. The van der Waals surface area contributed by atoms with Crippen LogP contribution in [0.3, 0.4) is 0 Å². The van der Waals surface area contributed by atoms with Crippen LogP contribution in [0.2, 0.25) is 0 Å². The Morgan fingerprint density at radius 2 is 2.16 bits per heavy atom. The van der Waals surface area contributed by atoms with Crippen LogP contribution in [0.15, 0.2) is 12.5 Å². The molecule has 0 saturated carbocycles. The van der Waals surface area contributed by atoms with E-state index in [1.165, 1.54) is 5.69 Å². The summed E-state index contributed by atoms with van der Waals surface area (Å²) < 4.78 is 2.20. The minimum Gasteiger partial charge on any atom is -0.350 e. The van der Waals surface area contributed by atoms with Gasteiger partial charge in [-0.1, -0.05) is 13.8 Å². The topological polar surface area (TPSA) is 46.9 Å². The van der Waals surface area contributed by atoms with Crippen LogP contribution in [0, 0.1) is 5.92 Å². The Bertz CT molecular complexity index is 450. The van der Waals surface area contributed by atoms with Gasteiger partial charge in [0.25, 0.3) is 0 Å². The molecule has 1 aromatic rings. The molecule has 1 aromatic heterocycles. The van der Waals surface area contributed by atoms with Gasteiger partial charge in [0.1, 0.15) is 0 Å². The zero-order chi connectivity index (χ0) is 14.0. The predicted molar refractivity (Wildman–Crippen MR) is 75.9 cm³/mol. The maximum absolute atomic E-state index is 11.7. The van der Waals surface area contributed by atoms with Crippen LogP contribution in [0.5, 0.6) is 0 Å². The second-order valence-electron chi connectivity index (χ2n) is 6.49. The number of imidazole rings is 1. The van der Waals surface area contributed by atoms with E-state index in [1.807, 2.05) is 12.5 Å². The third kappa shape index (κ3) is 3.17. The van der Waals surface area contributed by atoms with Crippen LogP contribution in [-0.4, -0.2) is 21.0 Å². The van der Waals surface area contributed by atoms with E-state index in [1.54, 1.807) is 0 Å². The van der Waals surface area contributed by atoms with E-state index < -0.39 is 0 Å². The minimum atomic E-state index is -0.0715. The molecule has 1 atom stereocenters. The lowest BCUT2D eigenvalue weighted by molar-refractivity contribution is -0.119. The minimum absolute atomic E-state index is 0.0715. The largest absolute Gasteiger partial charge is 0.350 e. The molecule has 1 N–H and O–H groups in total. The molecule has 0 spiro atoms. The summed E-state index contributed by atoms with van der Waals surface area (Å²) in [6, 6.07) is 0.408. The molecule has 4 nitrogen and oxygen atoms in total. The van der Waals surface area contributed by atoms with Crippen LogP contribution < -0.4 is 5.32 Å². The molecule has 1 amide bonds. The lowest BCUT2D eigenvalue weighted by Gasteiger charge is -2.31. The van der Waals surface area contributed by atoms with Crippen molar-refractivity contribution in [2.75, 3.05) is 0 Å². The molecular formula is C15H25N3O. The van der Waals surface area contributed by atoms with Crippen molar-refractivity contribution in [3.05, 3.63) is 18.2 Å². The Hall–Kier alpha value is -1.32. The molecule has 1 aliphatic rings. The Kier molecular flexibility index (Phi) is 3.97. The standard InChI is InChI=1S/C15H25N3O/c1-11(2)7-15(6-5-14(19)17-15)8-13-9-16-10-18(13)12(3)4/h9-12H,5-8H2,1-4H3,(H,17,19). The van der Waals surface area contributed by atoms with Crippen LogP contribution in [-0.2, 0) is 11.2 Å². The van der Waals surface area contributed by atoms with Gasteiger partial charge in [0, 0.05) is 36.3 Å². The van der Waals surface area contributed by atoms with Gasteiger partial charge in [0.15, 0.2) is 0 Å². The quantitative estimate of drug-likeness (QED) is 0.888. The highest BCUT2D eigenvalue weighted by molar-refractivity contribution is 5.79. The maximum atomic E-state index is 11.7. The predicted octanol–water partition coefficient (Wildman–Crippen LogP) is 2.70. The number of hydrogen-bond acceptors (Lipinski definition) is 2. The van der Waals surface area contributed by atoms with E-state index >= 15 is 0 Å². The summed E-state index contributed by atoms with van der Waals surface area (Å²) in [6.45, 7) is 8.75. The number of hydrogen-bond donors (Lipinski definition) is 1. The zero-order valence-electron chi connectivity index (χ0n) is 12.4. The second-order valence-corrected chi connectivity index (χ2v) is 6.49. The molecule has 1 aliphatic heterocycles. The maximum Gasteiger partial charge on any atom is 0.220 e. The Morgan fingerprint density at radius 1 is 1.42 bits per heavy atom. The van der Waals surface area contributed by atoms with E-state index in [9.17, 15) is 4.79 Å². The number of carbonyl (C=O) groups is 1. The number of nitrogens with zero attached hydrogens (tertiary/aromatic N) is 2. The van der Waals surface area contributed by atoms with Crippen LogP contribution in [0.25, 0.3) is 0 Å². The van der Waals surface area contributed by atoms with Gasteiger partial charge in [-0.15, -0.1) is 0 Å². The fourth-order valence-electron chi connectivity index (χ4n) is 3.19. The van der Waals surface area contributed by atoms with Gasteiger partial charge in [-0.3, -0.25) is 4.79 Å². The van der Waals surface area contributed by atoms with Gasteiger partial charge < -0.3 is 9.88 Å². The molecule has 1 unspecified atom stereocenters. The van der Waals surface area contributed by atoms with Gasteiger partial charge in [-0.05, 0) is 32.6 Å². The average Bonchev–Trinajstić information content (AvgIpc) is 2.85. The van der Waals surface area contributed by atoms with Gasteiger partial charge in [0.2, 0.25) is 5.91 Å². The SMILES string of the molecule is CC(C)CC1(Cc2cncn2C(C)C)CCC(=O)N1. The van der Waals surface area contributed by atoms with Crippen LogP contribution in [0.1, 0.15) is 58.7 Å². The third-order valence-electron chi connectivity index (χ3n) is 3.86. The number of amides is 1. The van der Waals surface area contributed by atoms with Crippen molar-refractivity contribution in [2.45, 2.75) is 65.0 Å². The molecule has 2 rings (SSSR count). The van der Waals surface area contributed by atoms with E-state index in [0.29, 0.717) is 18.4 Å². The van der Waals surface area contributed by atoms with Crippen molar-refractivity contribution in [1.82, 2.24) is 14.9 Å². The summed E-state index contributed by atoms with van der Waals surface area (Å²) in [4.78, 5) is 15.9. The molecule has 19 heavy (non-hydrogen) atoms. The second kappa shape index (κ2) is 5.35. The summed E-state index contributed by atoms with van der Waals surface area (Å²) in [5.74, 6) is 0.769. The molecular weight excluding hydrogens is 238 g/mol. The number of nitrogens with one attached hydrogen (secondary N) is 1. The monoisotopic (exact) mass is 263 g/mol. The van der Waals surface area contributed by atoms with Crippen molar-refractivity contribution in [2.24, 2.45) is 5.92 Å². The summed E-state index contributed by atoms with van der Waals surface area (Å²) in [7, 11) is 0. The first kappa shape index (κ1) is 14.1. The van der Waals surface area contributed by atoms with Crippen molar-refractivity contribution < 1.29 is 4.79 Å². The van der Waals surface area contributed by atoms with Crippen molar-refractivity contribution in [1.29, 1.82) is 0 Å². The summed E-state index contributed by atoms with van der Waals surface area (Å²) in [5, 5.41) is 3.22. The molecule has 0 bridgehead atoms. The Morgan fingerprint density at radius 3 is 2.68 bits per heavy atom. The first-order valence-corrected chi connectivity index (χ1v) is 7.23. The first-order chi connectivity index (χ1) is 8.92. The van der Waals surface area contributed by atoms with Gasteiger partial charge in [-0.2, -0.15) is 0 Å². The molecule has 0 aromatic carbocycles. The van der Waals surface area contributed by atoms with Gasteiger partial charge in [-0.25, -0.2) is 4.98 Å². The summed E-state index contributed by atoms with van der Waals surface area (Å²) >= 11 is 0. The normalized spacial score (nSPS) is 23.4. The molecule has 2 heterocycles. The van der Waals surface area contributed by atoms with Crippen molar-refractivity contribution >= 4 is 5.91 Å². The molecule has 1 saturated heterocycles. The fourth-order valence-corrected chi connectivity index (χ4v) is 3.19. The highest BCUT2D eigenvalue weighted by atomic mass is 16.2. The van der Waals surface area contributed by atoms with E-state index in [2.05, 4.69) is 42.6 Å². The van der Waals surface area contributed by atoms with Crippen molar-refractivity contribution in [3.63, 3.8) is 0 Å². The first-order valence-electron chi connectivity index (χ1n) is 7.23. The zero-order valence-corrected chi connectivity index (χ0v) is 12.4. The molecule has 0 radical (unpaired) electrons. The van der Waals surface area contributed by atoms with E-state index in [0.717, 1.165) is 19.3 Å². The molecule has 4 heteroatoms. The fraction of sp³-hybridized carbons (Fsp3) is 0.733. The highest BCUT2D eigenvalue weighted by Crippen LogP contribution is 2.31. The number of aromatic nitrogens is 2. The average molecular weight is 263 g/mol. The third-order valence-corrected chi connectivity index (χ3v) is 3.86. The summed E-state index contributed by atoms with van der Waals surface area (Å²) in [5.41, 5.74) is 1.15.